The summed E-state index contributed by atoms with van der Waals surface area (Å²) in [6.45, 7) is 12.3. The van der Waals surface area contributed by atoms with Crippen LogP contribution in [-0.2, 0) is 0 Å². The van der Waals surface area contributed by atoms with Crippen molar-refractivity contribution in [3.05, 3.63) is 112 Å². The lowest BCUT2D eigenvalue weighted by atomic mass is 9.93. The van der Waals surface area contributed by atoms with Crippen LogP contribution in [0, 0.1) is 0 Å². The van der Waals surface area contributed by atoms with Crippen LogP contribution in [0.3, 0.4) is 0 Å². The Morgan fingerprint density at radius 3 is 2.26 bits per heavy atom. The lowest BCUT2D eigenvalue weighted by Crippen LogP contribution is -2.17. The fraction of sp³-hybridized carbons (Fsp3) is 0.257. The van der Waals surface area contributed by atoms with Crippen LogP contribution >= 0.6 is 23.5 Å². The van der Waals surface area contributed by atoms with Crippen LogP contribution in [0.5, 0.6) is 0 Å². The highest BCUT2D eigenvalue weighted by Gasteiger charge is 2.26. The molecule has 1 heterocycles. The molecule has 1 aliphatic heterocycles. The van der Waals surface area contributed by atoms with E-state index >= 15 is 0 Å². The normalized spacial score (nSPS) is 16.0. The van der Waals surface area contributed by atoms with Crippen LogP contribution < -0.4 is 4.90 Å². The Kier molecular flexibility index (Phi) is 8.35. The Balaban J connectivity index is 1.49. The maximum Gasteiger partial charge on any atom is 0.0804 e. The van der Waals surface area contributed by atoms with Gasteiger partial charge in [0, 0.05) is 26.6 Å². The van der Waals surface area contributed by atoms with Crippen molar-refractivity contribution in [3.8, 4) is 0 Å². The third-order valence-corrected chi connectivity index (χ3v) is 9.79. The van der Waals surface area contributed by atoms with Gasteiger partial charge < -0.3 is 4.90 Å². The molecule has 0 fully saturated rings. The standard InChI is InChI=1S/C35H37NS2/c1-6-24(5)34-29-16-12-10-14-26(29)18-20-31(34)37-28(8-3)22-25(7-2)23-33-36(9-4)35-30-17-13-11-15-27(30)19-21-32(35)38-33/h8,10-24H,6-7,9H2,1-5H3. The summed E-state index contributed by atoms with van der Waals surface area (Å²) in [5.41, 5.74) is 4.19. The van der Waals surface area contributed by atoms with Crippen LogP contribution in [0.1, 0.15) is 58.9 Å². The SMILES string of the molecule is CC=C(C=C(C=C1Sc2ccc3ccccc3c2N1CC)CC)Sc1ccc2ccccc2c1C(C)CC. The Morgan fingerprint density at radius 2 is 1.58 bits per heavy atom. The minimum atomic E-state index is 0.514. The van der Waals surface area contributed by atoms with Crippen LogP contribution in [-0.4, -0.2) is 6.54 Å². The number of allylic oxidation sites excluding steroid dienone is 4. The molecule has 5 rings (SSSR count). The lowest BCUT2D eigenvalue weighted by molar-refractivity contribution is 0.726. The number of hydrogen-bond donors (Lipinski definition) is 0. The molecule has 0 saturated heterocycles. The van der Waals surface area contributed by atoms with Crippen molar-refractivity contribution >= 4 is 50.8 Å². The Morgan fingerprint density at radius 1 is 0.895 bits per heavy atom. The number of rotatable bonds is 8. The van der Waals surface area contributed by atoms with Crippen molar-refractivity contribution < 1.29 is 0 Å². The highest BCUT2D eigenvalue weighted by Crippen LogP contribution is 2.50. The largest absolute Gasteiger partial charge is 0.335 e. The van der Waals surface area contributed by atoms with Gasteiger partial charge in [0.05, 0.1) is 10.7 Å². The highest BCUT2D eigenvalue weighted by molar-refractivity contribution is 8.04. The molecule has 1 unspecified atom stereocenters. The number of hydrogen-bond acceptors (Lipinski definition) is 3. The predicted octanol–water partition coefficient (Wildman–Crippen LogP) is 11.3. The van der Waals surface area contributed by atoms with Crippen LogP contribution in [0.4, 0.5) is 5.69 Å². The van der Waals surface area contributed by atoms with E-state index in [-0.39, 0.29) is 0 Å². The summed E-state index contributed by atoms with van der Waals surface area (Å²) in [4.78, 5) is 6.50. The van der Waals surface area contributed by atoms with Gasteiger partial charge >= 0.3 is 0 Å². The van der Waals surface area contributed by atoms with Crippen LogP contribution in [0.15, 0.2) is 116 Å². The predicted molar refractivity (Wildman–Crippen MR) is 172 cm³/mol. The summed E-state index contributed by atoms with van der Waals surface area (Å²) in [6.07, 6.45) is 9.18. The van der Waals surface area contributed by atoms with Crippen LogP contribution in [0.2, 0.25) is 0 Å². The average molecular weight is 536 g/mol. The molecule has 0 spiro atoms. The van der Waals surface area contributed by atoms with E-state index in [1.807, 2.05) is 23.5 Å². The molecule has 0 bridgehead atoms. The van der Waals surface area contributed by atoms with E-state index < -0.39 is 0 Å². The topological polar surface area (TPSA) is 3.24 Å². The zero-order chi connectivity index (χ0) is 26.6. The van der Waals surface area contributed by atoms with E-state index in [2.05, 4.69) is 131 Å². The van der Waals surface area contributed by atoms with Crippen molar-refractivity contribution in [2.24, 2.45) is 0 Å². The quantitative estimate of drug-likeness (QED) is 0.163. The summed E-state index contributed by atoms with van der Waals surface area (Å²) in [6, 6.07) is 26.7. The first kappa shape index (κ1) is 26.7. The summed E-state index contributed by atoms with van der Waals surface area (Å²) in [7, 11) is 0. The summed E-state index contributed by atoms with van der Waals surface area (Å²) in [5.74, 6) is 0.514. The van der Waals surface area contributed by atoms with Gasteiger partial charge in [0.2, 0.25) is 0 Å². The second-order valence-electron chi connectivity index (χ2n) is 9.84. The zero-order valence-electron chi connectivity index (χ0n) is 23.1. The molecule has 1 nitrogen and oxygen atoms in total. The molecule has 1 atom stereocenters. The lowest BCUT2D eigenvalue weighted by Gasteiger charge is -2.20. The highest BCUT2D eigenvalue weighted by atomic mass is 32.2. The smallest absolute Gasteiger partial charge is 0.0804 e. The van der Waals surface area contributed by atoms with E-state index in [4.69, 9.17) is 0 Å². The molecule has 38 heavy (non-hydrogen) atoms. The Labute approximate surface area is 236 Å². The summed E-state index contributed by atoms with van der Waals surface area (Å²) in [5, 5.41) is 6.67. The maximum atomic E-state index is 2.48. The molecule has 0 N–H and O–H groups in total. The van der Waals surface area contributed by atoms with Crippen molar-refractivity contribution in [2.45, 2.75) is 63.2 Å². The van der Waals surface area contributed by atoms with Crippen molar-refractivity contribution in [1.82, 2.24) is 0 Å². The second kappa shape index (κ2) is 11.9. The first-order valence-corrected chi connectivity index (χ1v) is 15.5. The third-order valence-electron chi connectivity index (χ3n) is 7.52. The van der Waals surface area contributed by atoms with Crippen LogP contribution in [0.25, 0.3) is 21.5 Å². The van der Waals surface area contributed by atoms with E-state index in [1.165, 1.54) is 58.1 Å². The van der Waals surface area contributed by atoms with E-state index in [9.17, 15) is 0 Å². The molecule has 1 aliphatic rings. The number of nitrogens with zero attached hydrogens (tertiary/aromatic N) is 1. The van der Waals surface area contributed by atoms with Gasteiger partial charge in [-0.05, 0) is 84.2 Å². The molecular weight excluding hydrogens is 499 g/mol. The Hall–Kier alpha value is -2.88. The van der Waals surface area contributed by atoms with E-state index in [0.29, 0.717) is 5.92 Å². The molecule has 194 valence electrons. The number of anilines is 1. The van der Waals surface area contributed by atoms with Gasteiger partial charge in [0.15, 0.2) is 0 Å². The number of thioether (sulfide) groups is 2. The fourth-order valence-corrected chi connectivity index (χ4v) is 7.62. The van der Waals surface area contributed by atoms with Crippen molar-refractivity contribution in [3.63, 3.8) is 0 Å². The summed E-state index contributed by atoms with van der Waals surface area (Å²) < 4.78 is 0. The number of benzene rings is 4. The minimum absolute atomic E-state index is 0.514. The second-order valence-corrected chi connectivity index (χ2v) is 12.0. The number of fused-ring (bicyclic) bond motifs is 4. The van der Waals surface area contributed by atoms with Gasteiger partial charge in [-0.1, -0.05) is 111 Å². The molecule has 3 heteroatoms. The first-order valence-electron chi connectivity index (χ1n) is 13.8. The Bertz CT molecular complexity index is 1560. The third kappa shape index (κ3) is 5.19. The van der Waals surface area contributed by atoms with Gasteiger partial charge in [-0.15, -0.1) is 0 Å². The molecular formula is C35H37NS2. The monoisotopic (exact) mass is 535 g/mol. The summed E-state index contributed by atoms with van der Waals surface area (Å²) >= 11 is 3.80. The van der Waals surface area contributed by atoms with Crippen molar-refractivity contribution in [2.75, 3.05) is 11.4 Å². The molecule has 4 aromatic carbocycles. The van der Waals surface area contributed by atoms with Gasteiger partial charge in [0.1, 0.15) is 0 Å². The molecule has 0 saturated carbocycles. The molecule has 0 aromatic heterocycles. The average Bonchev–Trinajstić information content (AvgIpc) is 3.33. The van der Waals surface area contributed by atoms with Gasteiger partial charge in [-0.3, -0.25) is 0 Å². The maximum absolute atomic E-state index is 2.48. The minimum Gasteiger partial charge on any atom is -0.335 e. The molecule has 0 amide bonds. The molecule has 4 aromatic rings. The zero-order valence-corrected chi connectivity index (χ0v) is 24.8. The first-order chi connectivity index (χ1) is 18.6. The van der Waals surface area contributed by atoms with Gasteiger partial charge in [0.25, 0.3) is 0 Å². The van der Waals surface area contributed by atoms with Gasteiger partial charge in [-0.2, -0.15) is 0 Å². The molecule has 0 aliphatic carbocycles. The van der Waals surface area contributed by atoms with E-state index in [0.717, 1.165) is 19.4 Å². The molecule has 0 radical (unpaired) electrons. The van der Waals surface area contributed by atoms with E-state index in [1.54, 1.807) is 0 Å². The fourth-order valence-electron chi connectivity index (χ4n) is 5.26. The van der Waals surface area contributed by atoms with Crippen molar-refractivity contribution in [1.29, 1.82) is 0 Å². The van der Waals surface area contributed by atoms with Gasteiger partial charge in [-0.25, -0.2) is 0 Å².